The quantitative estimate of drug-likeness (QED) is 0.298. The van der Waals surface area contributed by atoms with Crippen molar-refractivity contribution in [2.75, 3.05) is 17.7 Å². The first kappa shape index (κ1) is 22.1. The second kappa shape index (κ2) is 9.65. The zero-order chi connectivity index (χ0) is 24.2. The van der Waals surface area contributed by atoms with Crippen LogP contribution in [-0.2, 0) is 0 Å². The standard InChI is InChI=1S/C29H24N4O2/c1-19-11-13-20(14-12-19)27-23-7-3-4-8-24(23)32-29(33-27)30-22-17-15-21(16-18-22)28(34)31-25-9-5-6-10-26(25)35-2/h3-18H,1-2H3,(H,31,34)(H,30,32,33). The molecule has 0 saturated carbocycles. The maximum Gasteiger partial charge on any atom is 0.255 e. The number of ether oxygens (including phenoxy) is 1. The molecule has 0 atom stereocenters. The topological polar surface area (TPSA) is 76.1 Å². The first-order valence-electron chi connectivity index (χ1n) is 11.3. The summed E-state index contributed by atoms with van der Waals surface area (Å²) in [6.07, 6.45) is 0. The number of carbonyl (C=O) groups excluding carboxylic acids is 1. The summed E-state index contributed by atoms with van der Waals surface area (Å²) in [5.74, 6) is 0.882. The van der Waals surface area contributed by atoms with Crippen molar-refractivity contribution in [2.45, 2.75) is 6.92 Å². The molecule has 0 spiro atoms. The highest BCUT2D eigenvalue weighted by Gasteiger charge is 2.12. The number of nitrogens with one attached hydrogen (secondary N) is 2. The Labute approximate surface area is 203 Å². The van der Waals surface area contributed by atoms with Crippen LogP contribution < -0.4 is 15.4 Å². The Morgan fingerprint density at radius 3 is 2.29 bits per heavy atom. The molecule has 0 aliphatic rings. The number of nitrogens with zero attached hydrogens (tertiary/aromatic N) is 2. The number of methoxy groups -OCH3 is 1. The van der Waals surface area contributed by atoms with Gasteiger partial charge in [-0.05, 0) is 49.4 Å². The van der Waals surface area contributed by atoms with Crippen molar-refractivity contribution in [3.8, 4) is 17.0 Å². The molecule has 0 radical (unpaired) electrons. The van der Waals surface area contributed by atoms with Crippen molar-refractivity contribution in [1.82, 2.24) is 9.97 Å². The van der Waals surface area contributed by atoms with Crippen molar-refractivity contribution in [2.24, 2.45) is 0 Å². The molecule has 0 aliphatic carbocycles. The number of amides is 1. The van der Waals surface area contributed by atoms with Crippen LogP contribution >= 0.6 is 0 Å². The van der Waals surface area contributed by atoms with Gasteiger partial charge in [-0.1, -0.05) is 60.2 Å². The molecular weight excluding hydrogens is 436 g/mol. The van der Waals surface area contributed by atoms with Crippen LogP contribution in [0.25, 0.3) is 22.2 Å². The maximum absolute atomic E-state index is 12.7. The normalized spacial score (nSPS) is 10.7. The lowest BCUT2D eigenvalue weighted by atomic mass is 10.1. The van der Waals surface area contributed by atoms with Gasteiger partial charge in [0.05, 0.1) is 24.0 Å². The van der Waals surface area contributed by atoms with Gasteiger partial charge in [-0.25, -0.2) is 9.97 Å². The summed E-state index contributed by atoms with van der Waals surface area (Å²) < 4.78 is 5.31. The third-order valence-electron chi connectivity index (χ3n) is 5.69. The van der Waals surface area contributed by atoms with Crippen LogP contribution in [-0.4, -0.2) is 23.0 Å². The number of carbonyl (C=O) groups is 1. The Bertz CT molecular complexity index is 1500. The first-order valence-corrected chi connectivity index (χ1v) is 11.3. The van der Waals surface area contributed by atoms with E-state index in [1.807, 2.05) is 48.5 Å². The largest absolute Gasteiger partial charge is 0.495 e. The molecular formula is C29H24N4O2. The molecule has 5 rings (SSSR count). The summed E-state index contributed by atoms with van der Waals surface area (Å²) in [6.45, 7) is 2.06. The van der Waals surface area contributed by atoms with Gasteiger partial charge < -0.3 is 15.4 Å². The molecule has 1 amide bonds. The van der Waals surface area contributed by atoms with Gasteiger partial charge in [0, 0.05) is 22.2 Å². The number of hydrogen-bond donors (Lipinski definition) is 2. The van der Waals surface area contributed by atoms with E-state index in [2.05, 4.69) is 41.8 Å². The Hall–Kier alpha value is -4.71. The van der Waals surface area contributed by atoms with E-state index < -0.39 is 0 Å². The van der Waals surface area contributed by atoms with E-state index in [0.29, 0.717) is 22.9 Å². The summed E-state index contributed by atoms with van der Waals surface area (Å²) in [7, 11) is 1.57. The SMILES string of the molecule is COc1ccccc1NC(=O)c1ccc(Nc2nc(-c3ccc(C)cc3)c3ccccc3n2)cc1. The van der Waals surface area contributed by atoms with E-state index in [-0.39, 0.29) is 5.91 Å². The third-order valence-corrected chi connectivity index (χ3v) is 5.69. The van der Waals surface area contributed by atoms with Crippen molar-refractivity contribution >= 4 is 34.1 Å². The minimum atomic E-state index is -0.218. The fourth-order valence-corrected chi connectivity index (χ4v) is 3.84. The Balaban J connectivity index is 1.39. The van der Waals surface area contributed by atoms with Gasteiger partial charge in [0.25, 0.3) is 5.91 Å². The van der Waals surface area contributed by atoms with Gasteiger partial charge in [-0.3, -0.25) is 4.79 Å². The van der Waals surface area contributed by atoms with E-state index in [1.54, 1.807) is 31.4 Å². The second-order valence-electron chi connectivity index (χ2n) is 8.14. The molecule has 0 aliphatic heterocycles. The smallest absolute Gasteiger partial charge is 0.255 e. The molecule has 0 bridgehead atoms. The molecule has 172 valence electrons. The fraction of sp³-hybridized carbons (Fsp3) is 0.0690. The maximum atomic E-state index is 12.7. The second-order valence-corrected chi connectivity index (χ2v) is 8.14. The molecule has 1 aromatic heterocycles. The summed E-state index contributed by atoms with van der Waals surface area (Å²) in [4.78, 5) is 22.2. The van der Waals surface area contributed by atoms with Crippen molar-refractivity contribution < 1.29 is 9.53 Å². The van der Waals surface area contributed by atoms with Crippen LogP contribution in [0.15, 0.2) is 97.1 Å². The molecule has 6 heteroatoms. The van der Waals surface area contributed by atoms with Gasteiger partial charge in [0.1, 0.15) is 5.75 Å². The summed E-state index contributed by atoms with van der Waals surface area (Å²) >= 11 is 0. The Morgan fingerprint density at radius 1 is 0.800 bits per heavy atom. The Kier molecular flexibility index (Phi) is 6.09. The van der Waals surface area contributed by atoms with Gasteiger partial charge in [0.15, 0.2) is 0 Å². The van der Waals surface area contributed by atoms with Gasteiger partial charge in [0.2, 0.25) is 5.95 Å². The molecule has 35 heavy (non-hydrogen) atoms. The highest BCUT2D eigenvalue weighted by molar-refractivity contribution is 6.05. The van der Waals surface area contributed by atoms with E-state index in [9.17, 15) is 4.79 Å². The van der Waals surface area contributed by atoms with Crippen LogP contribution in [0, 0.1) is 6.92 Å². The lowest BCUT2D eigenvalue weighted by molar-refractivity contribution is 0.102. The van der Waals surface area contributed by atoms with Crippen molar-refractivity contribution in [3.63, 3.8) is 0 Å². The molecule has 5 aromatic rings. The van der Waals surface area contributed by atoms with Crippen LogP contribution in [0.3, 0.4) is 0 Å². The number of aryl methyl sites for hydroxylation is 1. The van der Waals surface area contributed by atoms with E-state index >= 15 is 0 Å². The van der Waals surface area contributed by atoms with Crippen LogP contribution in [0.1, 0.15) is 15.9 Å². The molecule has 1 heterocycles. The van der Waals surface area contributed by atoms with Crippen LogP contribution in [0.5, 0.6) is 5.75 Å². The number of benzene rings is 4. The summed E-state index contributed by atoms with van der Waals surface area (Å²) in [5.41, 5.74) is 5.88. The van der Waals surface area contributed by atoms with Gasteiger partial charge >= 0.3 is 0 Å². The van der Waals surface area contributed by atoms with Crippen LogP contribution in [0.2, 0.25) is 0 Å². The lowest BCUT2D eigenvalue weighted by Crippen LogP contribution is -2.12. The van der Waals surface area contributed by atoms with Crippen LogP contribution in [0.4, 0.5) is 17.3 Å². The highest BCUT2D eigenvalue weighted by Crippen LogP contribution is 2.29. The number of aromatic nitrogens is 2. The van der Waals surface area contributed by atoms with E-state index in [1.165, 1.54) is 5.56 Å². The van der Waals surface area contributed by atoms with Crippen molar-refractivity contribution in [3.05, 3.63) is 108 Å². The fourth-order valence-electron chi connectivity index (χ4n) is 3.84. The van der Waals surface area contributed by atoms with Gasteiger partial charge in [-0.2, -0.15) is 0 Å². The molecule has 0 fully saturated rings. The third kappa shape index (κ3) is 4.82. The Morgan fingerprint density at radius 2 is 1.51 bits per heavy atom. The van der Waals surface area contributed by atoms with E-state index in [0.717, 1.165) is 27.8 Å². The minimum absolute atomic E-state index is 0.218. The molecule has 6 nitrogen and oxygen atoms in total. The highest BCUT2D eigenvalue weighted by atomic mass is 16.5. The minimum Gasteiger partial charge on any atom is -0.495 e. The predicted molar refractivity (Wildman–Crippen MR) is 140 cm³/mol. The number of rotatable bonds is 6. The predicted octanol–water partition coefficient (Wildman–Crippen LogP) is 6.61. The summed E-state index contributed by atoms with van der Waals surface area (Å²) in [6, 6.07) is 30.8. The number of hydrogen-bond acceptors (Lipinski definition) is 5. The number of fused-ring (bicyclic) bond motifs is 1. The molecule has 0 unspecified atom stereocenters. The van der Waals surface area contributed by atoms with Crippen molar-refractivity contribution in [1.29, 1.82) is 0 Å². The lowest BCUT2D eigenvalue weighted by Gasteiger charge is -2.12. The average Bonchev–Trinajstić information content (AvgIpc) is 2.89. The number of para-hydroxylation sites is 3. The van der Waals surface area contributed by atoms with E-state index in [4.69, 9.17) is 14.7 Å². The van der Waals surface area contributed by atoms with Gasteiger partial charge in [-0.15, -0.1) is 0 Å². The molecule has 0 saturated heterocycles. The number of anilines is 3. The zero-order valence-corrected chi connectivity index (χ0v) is 19.4. The zero-order valence-electron chi connectivity index (χ0n) is 19.4. The molecule has 4 aromatic carbocycles. The first-order chi connectivity index (χ1) is 17.1. The monoisotopic (exact) mass is 460 g/mol. The average molecular weight is 461 g/mol. The summed E-state index contributed by atoms with van der Waals surface area (Å²) in [5, 5.41) is 7.16. The molecule has 2 N–H and O–H groups in total.